The number of aromatic amines is 1. The normalized spacial score (nSPS) is 18.0. The fourth-order valence-corrected chi connectivity index (χ4v) is 3.16. The predicted octanol–water partition coefficient (Wildman–Crippen LogP) is -0.608. The standard InChI is InChI=1S/C8H14N4O2S/c1-2-12(7-3-9-4-7)15(13,14)8-5-10-11-6-8/h5-7,9H,2-4H2,1H3,(H,10,11). The van der Waals surface area contributed by atoms with E-state index in [1.54, 1.807) is 0 Å². The van der Waals surface area contributed by atoms with E-state index in [0.717, 1.165) is 13.1 Å². The average molecular weight is 230 g/mol. The van der Waals surface area contributed by atoms with Gasteiger partial charge >= 0.3 is 0 Å². The van der Waals surface area contributed by atoms with E-state index in [-0.39, 0.29) is 10.9 Å². The molecule has 2 rings (SSSR count). The maximum atomic E-state index is 12.1. The van der Waals surface area contributed by atoms with Crippen molar-refractivity contribution in [2.75, 3.05) is 19.6 Å². The molecule has 0 unspecified atom stereocenters. The lowest BCUT2D eigenvalue weighted by atomic mass is 10.2. The van der Waals surface area contributed by atoms with E-state index in [2.05, 4.69) is 15.5 Å². The molecule has 1 saturated heterocycles. The Morgan fingerprint density at radius 2 is 2.33 bits per heavy atom. The Morgan fingerprint density at radius 1 is 1.60 bits per heavy atom. The Labute approximate surface area is 88.7 Å². The molecule has 0 aliphatic carbocycles. The molecule has 15 heavy (non-hydrogen) atoms. The molecule has 0 aromatic carbocycles. The van der Waals surface area contributed by atoms with Crippen LogP contribution in [0, 0.1) is 0 Å². The van der Waals surface area contributed by atoms with E-state index < -0.39 is 10.0 Å². The molecule has 1 aliphatic rings. The van der Waals surface area contributed by atoms with Gasteiger partial charge in [0.05, 0.1) is 12.2 Å². The first-order valence-corrected chi connectivity index (χ1v) is 6.31. The summed E-state index contributed by atoms with van der Waals surface area (Å²) in [5.74, 6) is 0. The van der Waals surface area contributed by atoms with Crippen LogP contribution < -0.4 is 5.32 Å². The van der Waals surface area contributed by atoms with E-state index >= 15 is 0 Å². The summed E-state index contributed by atoms with van der Waals surface area (Å²) in [4.78, 5) is 0.233. The maximum Gasteiger partial charge on any atom is 0.246 e. The van der Waals surface area contributed by atoms with Gasteiger partial charge in [-0.05, 0) is 0 Å². The second kappa shape index (κ2) is 3.92. The molecule has 0 bridgehead atoms. The van der Waals surface area contributed by atoms with Crippen LogP contribution in [-0.2, 0) is 10.0 Å². The van der Waals surface area contributed by atoms with Crippen LogP contribution in [-0.4, -0.2) is 48.6 Å². The molecule has 1 fully saturated rings. The van der Waals surface area contributed by atoms with Crippen LogP contribution in [0.25, 0.3) is 0 Å². The lowest BCUT2D eigenvalue weighted by Gasteiger charge is -2.36. The van der Waals surface area contributed by atoms with Gasteiger partial charge in [0.25, 0.3) is 0 Å². The minimum atomic E-state index is -3.37. The SMILES string of the molecule is CCN(C1CNC1)S(=O)(=O)c1cn[nH]c1. The third-order valence-electron chi connectivity index (χ3n) is 2.56. The molecular formula is C8H14N4O2S. The number of hydrogen-bond acceptors (Lipinski definition) is 4. The Bertz CT molecular complexity index is 410. The van der Waals surface area contributed by atoms with Gasteiger partial charge in [0.2, 0.25) is 10.0 Å². The predicted molar refractivity (Wildman–Crippen MR) is 54.8 cm³/mol. The number of nitrogens with zero attached hydrogens (tertiary/aromatic N) is 2. The third-order valence-corrected chi connectivity index (χ3v) is 4.55. The van der Waals surface area contributed by atoms with Crippen molar-refractivity contribution in [3.05, 3.63) is 12.4 Å². The fraction of sp³-hybridized carbons (Fsp3) is 0.625. The van der Waals surface area contributed by atoms with Crippen molar-refractivity contribution in [2.45, 2.75) is 17.9 Å². The number of aromatic nitrogens is 2. The summed E-state index contributed by atoms with van der Waals surface area (Å²) in [5.41, 5.74) is 0. The van der Waals surface area contributed by atoms with E-state index in [4.69, 9.17) is 0 Å². The highest BCUT2D eigenvalue weighted by atomic mass is 32.2. The van der Waals surface area contributed by atoms with Crippen LogP contribution in [0.5, 0.6) is 0 Å². The summed E-state index contributed by atoms with van der Waals surface area (Å²) >= 11 is 0. The van der Waals surface area contributed by atoms with Crippen molar-refractivity contribution in [3.8, 4) is 0 Å². The van der Waals surface area contributed by atoms with E-state index in [0.29, 0.717) is 6.54 Å². The fourth-order valence-electron chi connectivity index (χ4n) is 1.62. The lowest BCUT2D eigenvalue weighted by molar-refractivity contribution is 0.249. The summed E-state index contributed by atoms with van der Waals surface area (Å²) in [6, 6.07) is 0.0786. The molecule has 2 N–H and O–H groups in total. The number of hydrogen-bond donors (Lipinski definition) is 2. The average Bonchev–Trinajstić information content (AvgIpc) is 2.63. The zero-order valence-corrected chi connectivity index (χ0v) is 9.29. The summed E-state index contributed by atoms with van der Waals surface area (Å²) in [7, 11) is -3.37. The summed E-state index contributed by atoms with van der Waals surface area (Å²) in [6.45, 7) is 3.78. The van der Waals surface area contributed by atoms with Crippen molar-refractivity contribution in [3.63, 3.8) is 0 Å². The van der Waals surface area contributed by atoms with Crippen LogP contribution in [0.2, 0.25) is 0 Å². The summed E-state index contributed by atoms with van der Waals surface area (Å²) < 4.78 is 25.7. The Hall–Kier alpha value is -0.920. The number of nitrogens with one attached hydrogen (secondary N) is 2. The Morgan fingerprint density at radius 3 is 2.73 bits per heavy atom. The first-order chi connectivity index (χ1) is 7.16. The number of likely N-dealkylation sites (N-methyl/N-ethyl adjacent to an activating group) is 1. The highest BCUT2D eigenvalue weighted by Crippen LogP contribution is 2.18. The number of H-pyrrole nitrogens is 1. The molecule has 1 aromatic rings. The van der Waals surface area contributed by atoms with Gasteiger partial charge in [0.1, 0.15) is 4.90 Å². The van der Waals surface area contributed by atoms with Gasteiger partial charge in [-0.2, -0.15) is 9.40 Å². The molecule has 0 radical (unpaired) electrons. The Kier molecular flexibility index (Phi) is 2.76. The minimum Gasteiger partial charge on any atom is -0.313 e. The smallest absolute Gasteiger partial charge is 0.246 e. The number of sulfonamides is 1. The zero-order valence-electron chi connectivity index (χ0n) is 8.47. The topological polar surface area (TPSA) is 78.1 Å². The van der Waals surface area contributed by atoms with Gasteiger partial charge in [0.15, 0.2) is 0 Å². The number of rotatable bonds is 4. The molecule has 7 heteroatoms. The van der Waals surface area contributed by atoms with Gasteiger partial charge in [-0.1, -0.05) is 6.92 Å². The van der Waals surface area contributed by atoms with Gasteiger partial charge in [-0.15, -0.1) is 0 Å². The van der Waals surface area contributed by atoms with E-state index in [1.165, 1.54) is 16.7 Å². The molecule has 84 valence electrons. The molecule has 6 nitrogen and oxygen atoms in total. The highest BCUT2D eigenvalue weighted by molar-refractivity contribution is 7.89. The molecule has 1 aliphatic heterocycles. The summed E-state index contributed by atoms with van der Waals surface area (Å²) in [5, 5.41) is 9.24. The molecule has 0 amide bonds. The minimum absolute atomic E-state index is 0.0786. The summed E-state index contributed by atoms with van der Waals surface area (Å²) in [6.07, 6.45) is 2.74. The molecule has 1 aromatic heterocycles. The van der Waals surface area contributed by atoms with Crippen molar-refractivity contribution >= 4 is 10.0 Å². The first kappa shape index (κ1) is 10.6. The van der Waals surface area contributed by atoms with Crippen LogP contribution in [0.15, 0.2) is 17.3 Å². The largest absolute Gasteiger partial charge is 0.313 e. The van der Waals surface area contributed by atoms with Crippen LogP contribution in [0.3, 0.4) is 0 Å². The van der Waals surface area contributed by atoms with Gasteiger partial charge in [-0.25, -0.2) is 8.42 Å². The lowest BCUT2D eigenvalue weighted by Crippen LogP contribution is -2.58. The second-order valence-electron chi connectivity index (χ2n) is 3.45. The van der Waals surface area contributed by atoms with Crippen LogP contribution in [0.4, 0.5) is 0 Å². The van der Waals surface area contributed by atoms with Gasteiger partial charge in [0, 0.05) is 25.8 Å². The van der Waals surface area contributed by atoms with Crippen molar-refractivity contribution < 1.29 is 8.42 Å². The first-order valence-electron chi connectivity index (χ1n) is 4.87. The van der Waals surface area contributed by atoms with Crippen LogP contribution >= 0.6 is 0 Å². The molecular weight excluding hydrogens is 216 g/mol. The van der Waals surface area contributed by atoms with E-state index in [9.17, 15) is 8.42 Å². The highest BCUT2D eigenvalue weighted by Gasteiger charge is 2.33. The maximum absolute atomic E-state index is 12.1. The van der Waals surface area contributed by atoms with Crippen molar-refractivity contribution in [2.24, 2.45) is 0 Å². The molecule has 0 atom stereocenters. The van der Waals surface area contributed by atoms with Gasteiger partial charge < -0.3 is 5.32 Å². The molecule has 2 heterocycles. The molecule has 0 saturated carbocycles. The van der Waals surface area contributed by atoms with Crippen molar-refractivity contribution in [1.29, 1.82) is 0 Å². The zero-order chi connectivity index (χ0) is 10.9. The van der Waals surface area contributed by atoms with Crippen molar-refractivity contribution in [1.82, 2.24) is 19.8 Å². The van der Waals surface area contributed by atoms with E-state index in [1.807, 2.05) is 6.92 Å². The second-order valence-corrected chi connectivity index (χ2v) is 5.35. The monoisotopic (exact) mass is 230 g/mol. The third kappa shape index (κ3) is 1.77. The Balaban J connectivity index is 2.27. The quantitative estimate of drug-likeness (QED) is 0.723. The molecule has 0 spiro atoms. The van der Waals surface area contributed by atoms with Crippen LogP contribution in [0.1, 0.15) is 6.92 Å². The van der Waals surface area contributed by atoms with Gasteiger partial charge in [-0.3, -0.25) is 5.10 Å².